The van der Waals surface area contributed by atoms with Crippen LogP contribution in [0.4, 0.5) is 0 Å². The Morgan fingerprint density at radius 1 is 1.24 bits per heavy atom. The lowest BCUT2D eigenvalue weighted by molar-refractivity contribution is 0.395. The standard InChI is InChI=1S/C18H15N3O4/c1-9-6-14-16(18(22)21-9)15(12(8-19)17(20)25-14)11-5-4-10(23-2)7-13(11)24-3/h4-7,20H,1-3H3,(H,21,22). The number of hydrogen-bond donors (Lipinski definition) is 2. The Labute approximate surface area is 142 Å². The molecule has 0 spiro atoms. The van der Waals surface area contributed by atoms with E-state index < -0.39 is 5.56 Å². The van der Waals surface area contributed by atoms with Gasteiger partial charge in [-0.05, 0) is 19.1 Å². The van der Waals surface area contributed by atoms with Crippen LogP contribution in [-0.4, -0.2) is 19.2 Å². The maximum atomic E-state index is 12.5. The second-order valence-electron chi connectivity index (χ2n) is 5.38. The molecule has 0 amide bonds. The molecule has 0 radical (unpaired) electrons. The van der Waals surface area contributed by atoms with Crippen molar-refractivity contribution in [1.82, 2.24) is 4.98 Å². The number of H-pyrrole nitrogens is 1. The zero-order chi connectivity index (χ0) is 18.1. The van der Waals surface area contributed by atoms with E-state index in [0.717, 1.165) is 0 Å². The van der Waals surface area contributed by atoms with Crippen molar-refractivity contribution >= 4 is 11.0 Å². The van der Waals surface area contributed by atoms with Gasteiger partial charge in [-0.1, -0.05) is 0 Å². The molecule has 25 heavy (non-hydrogen) atoms. The monoisotopic (exact) mass is 337 g/mol. The molecule has 2 heterocycles. The maximum absolute atomic E-state index is 12.5. The zero-order valence-corrected chi connectivity index (χ0v) is 13.9. The molecule has 3 rings (SSSR count). The van der Waals surface area contributed by atoms with Gasteiger partial charge in [-0.3, -0.25) is 10.2 Å². The predicted molar refractivity (Wildman–Crippen MR) is 90.7 cm³/mol. The van der Waals surface area contributed by atoms with Crippen molar-refractivity contribution in [3.05, 3.63) is 51.4 Å². The fourth-order valence-corrected chi connectivity index (χ4v) is 2.76. The van der Waals surface area contributed by atoms with Crippen molar-refractivity contribution in [1.29, 1.82) is 10.7 Å². The second-order valence-corrected chi connectivity index (χ2v) is 5.38. The number of methoxy groups -OCH3 is 2. The van der Waals surface area contributed by atoms with Crippen LogP contribution in [0.1, 0.15) is 11.3 Å². The average Bonchev–Trinajstić information content (AvgIpc) is 2.59. The summed E-state index contributed by atoms with van der Waals surface area (Å²) in [5.41, 5.74) is 0.885. The first-order valence-corrected chi connectivity index (χ1v) is 7.38. The summed E-state index contributed by atoms with van der Waals surface area (Å²) in [6, 6.07) is 8.61. The number of nitrogens with one attached hydrogen (secondary N) is 2. The molecule has 2 N–H and O–H groups in total. The molecule has 126 valence electrons. The van der Waals surface area contributed by atoms with E-state index in [1.54, 1.807) is 31.2 Å². The molecule has 0 atom stereocenters. The normalized spacial score (nSPS) is 10.5. The number of aromatic nitrogens is 1. The lowest BCUT2D eigenvalue weighted by atomic mass is 9.97. The van der Waals surface area contributed by atoms with E-state index in [9.17, 15) is 10.1 Å². The van der Waals surface area contributed by atoms with E-state index >= 15 is 0 Å². The molecule has 7 heteroatoms. The van der Waals surface area contributed by atoms with Gasteiger partial charge in [0.05, 0.1) is 19.6 Å². The van der Waals surface area contributed by atoms with Crippen LogP contribution in [0.15, 0.2) is 33.5 Å². The van der Waals surface area contributed by atoms with Crippen molar-refractivity contribution < 1.29 is 13.9 Å². The molecule has 0 saturated carbocycles. The van der Waals surface area contributed by atoms with Gasteiger partial charge in [0.25, 0.3) is 5.56 Å². The Balaban J connectivity index is 2.54. The first-order valence-electron chi connectivity index (χ1n) is 7.38. The maximum Gasteiger partial charge on any atom is 0.259 e. The summed E-state index contributed by atoms with van der Waals surface area (Å²) < 4.78 is 16.0. The molecule has 0 aliphatic carbocycles. The number of ether oxygens (including phenoxy) is 2. The van der Waals surface area contributed by atoms with Gasteiger partial charge < -0.3 is 18.9 Å². The van der Waals surface area contributed by atoms with Gasteiger partial charge in [0, 0.05) is 29.0 Å². The Hall–Kier alpha value is -3.53. The summed E-state index contributed by atoms with van der Waals surface area (Å²) in [6.07, 6.45) is 0. The van der Waals surface area contributed by atoms with Gasteiger partial charge in [-0.2, -0.15) is 5.26 Å². The largest absolute Gasteiger partial charge is 0.497 e. The predicted octanol–water partition coefficient (Wildman–Crippen LogP) is 2.46. The minimum absolute atomic E-state index is 0.0367. The van der Waals surface area contributed by atoms with Crippen LogP contribution in [0.3, 0.4) is 0 Å². The highest BCUT2D eigenvalue weighted by Crippen LogP contribution is 2.37. The van der Waals surface area contributed by atoms with E-state index in [-0.39, 0.29) is 22.1 Å². The van der Waals surface area contributed by atoms with Crippen LogP contribution in [0.25, 0.3) is 22.1 Å². The summed E-state index contributed by atoms with van der Waals surface area (Å²) in [4.78, 5) is 15.2. The van der Waals surface area contributed by atoms with Gasteiger partial charge in [0.15, 0.2) is 0 Å². The third kappa shape index (κ3) is 2.64. The fraction of sp³-hybridized carbons (Fsp3) is 0.167. The lowest BCUT2D eigenvalue weighted by Crippen LogP contribution is -2.15. The van der Waals surface area contributed by atoms with Gasteiger partial charge in [-0.15, -0.1) is 0 Å². The molecular formula is C18H15N3O4. The minimum Gasteiger partial charge on any atom is -0.497 e. The number of hydrogen-bond acceptors (Lipinski definition) is 6. The summed E-state index contributed by atoms with van der Waals surface area (Å²) >= 11 is 0. The lowest BCUT2D eigenvalue weighted by Gasteiger charge is -2.13. The third-order valence-corrected chi connectivity index (χ3v) is 3.86. The van der Waals surface area contributed by atoms with Crippen LogP contribution in [0.2, 0.25) is 0 Å². The smallest absolute Gasteiger partial charge is 0.259 e. The number of rotatable bonds is 3. The van der Waals surface area contributed by atoms with E-state index in [4.69, 9.17) is 19.3 Å². The molecule has 1 aromatic carbocycles. The number of aromatic amines is 1. The van der Waals surface area contributed by atoms with Crippen molar-refractivity contribution in [2.75, 3.05) is 14.2 Å². The summed E-state index contributed by atoms with van der Waals surface area (Å²) in [5, 5.41) is 17.7. The number of nitrogens with zero attached hydrogens (tertiary/aromatic N) is 1. The van der Waals surface area contributed by atoms with Gasteiger partial charge in [-0.25, -0.2) is 0 Å². The van der Waals surface area contributed by atoms with Crippen molar-refractivity contribution in [2.24, 2.45) is 0 Å². The number of benzene rings is 1. The van der Waals surface area contributed by atoms with E-state index in [2.05, 4.69) is 4.98 Å². The Kier molecular flexibility index (Phi) is 4.03. The fourth-order valence-electron chi connectivity index (χ4n) is 2.76. The highest BCUT2D eigenvalue weighted by molar-refractivity contribution is 5.97. The molecule has 0 aliphatic rings. The van der Waals surface area contributed by atoms with Crippen LogP contribution in [0, 0.1) is 23.7 Å². The van der Waals surface area contributed by atoms with Gasteiger partial charge in [0.1, 0.15) is 28.7 Å². The molecule has 7 nitrogen and oxygen atoms in total. The first-order chi connectivity index (χ1) is 12.0. The molecule has 0 bridgehead atoms. The number of nitriles is 1. The van der Waals surface area contributed by atoms with Gasteiger partial charge >= 0.3 is 0 Å². The molecule has 0 unspecified atom stereocenters. The van der Waals surface area contributed by atoms with E-state index in [0.29, 0.717) is 28.3 Å². The van der Waals surface area contributed by atoms with E-state index in [1.165, 1.54) is 14.2 Å². The highest BCUT2D eigenvalue weighted by atomic mass is 16.5. The van der Waals surface area contributed by atoms with Gasteiger partial charge in [0.2, 0.25) is 5.55 Å². The SMILES string of the molecule is COc1ccc(-c2c(C#N)c(=N)oc3cc(C)[nH]c(=O)c23)c(OC)c1. The molecule has 2 aromatic heterocycles. The molecule has 0 saturated heterocycles. The minimum atomic E-state index is -0.400. The molecule has 3 aromatic rings. The van der Waals surface area contributed by atoms with Crippen LogP contribution < -0.4 is 20.6 Å². The van der Waals surface area contributed by atoms with E-state index in [1.807, 2.05) is 6.07 Å². The summed E-state index contributed by atoms with van der Waals surface area (Å²) in [6.45, 7) is 1.71. The number of pyridine rings is 1. The Morgan fingerprint density at radius 3 is 2.64 bits per heavy atom. The topological polar surface area (TPSA) is 112 Å². The first kappa shape index (κ1) is 16.3. The van der Waals surface area contributed by atoms with Crippen LogP contribution in [0.5, 0.6) is 11.5 Å². The third-order valence-electron chi connectivity index (χ3n) is 3.86. The summed E-state index contributed by atoms with van der Waals surface area (Å²) in [5.74, 6) is 0.989. The Bertz CT molecular complexity index is 1140. The highest BCUT2D eigenvalue weighted by Gasteiger charge is 2.21. The van der Waals surface area contributed by atoms with Crippen LogP contribution in [-0.2, 0) is 0 Å². The molecule has 0 fully saturated rings. The van der Waals surface area contributed by atoms with Crippen molar-refractivity contribution in [3.63, 3.8) is 0 Å². The Morgan fingerprint density at radius 2 is 2.00 bits per heavy atom. The average molecular weight is 337 g/mol. The second kappa shape index (κ2) is 6.17. The summed E-state index contributed by atoms with van der Waals surface area (Å²) in [7, 11) is 3.01. The van der Waals surface area contributed by atoms with Crippen molar-refractivity contribution in [2.45, 2.75) is 6.92 Å². The van der Waals surface area contributed by atoms with Crippen LogP contribution >= 0.6 is 0 Å². The molecule has 0 aliphatic heterocycles. The van der Waals surface area contributed by atoms with Crippen molar-refractivity contribution in [3.8, 4) is 28.7 Å². The molecular weight excluding hydrogens is 322 g/mol. The quantitative estimate of drug-likeness (QED) is 0.762. The number of aryl methyl sites for hydroxylation is 1. The zero-order valence-electron chi connectivity index (χ0n) is 13.9. The number of fused-ring (bicyclic) bond motifs is 1.